The number of aliphatic imine (C=N–C) groups is 1. The van der Waals surface area contributed by atoms with Gasteiger partial charge in [0.15, 0.2) is 0 Å². The summed E-state index contributed by atoms with van der Waals surface area (Å²) in [5.41, 5.74) is 4.73. The number of carbonyl (C=O) groups is 2. The number of cyclic esters (lactones) is 2. The summed E-state index contributed by atoms with van der Waals surface area (Å²) in [4.78, 5) is 24.7. The van der Waals surface area contributed by atoms with Crippen molar-refractivity contribution in [3.8, 4) is 0 Å². The summed E-state index contributed by atoms with van der Waals surface area (Å²) in [5, 5.41) is 0. The van der Waals surface area contributed by atoms with Gasteiger partial charge >= 0.3 is 18.0 Å². The van der Waals surface area contributed by atoms with Crippen molar-refractivity contribution in [2.75, 3.05) is 0 Å². The molecule has 0 amide bonds. The van der Waals surface area contributed by atoms with E-state index < -0.39 is 23.5 Å². The van der Waals surface area contributed by atoms with Gasteiger partial charge in [0, 0.05) is 0 Å². The van der Waals surface area contributed by atoms with Crippen LogP contribution in [0.2, 0.25) is 0 Å². The first kappa shape index (κ1) is 8.41. The van der Waals surface area contributed by atoms with Gasteiger partial charge in [-0.1, -0.05) is 6.58 Å². The Bertz CT molecular complexity index is 263. The fraction of sp³-hybridized carbons (Fsp3) is 0.167. The van der Waals surface area contributed by atoms with Crippen molar-refractivity contribution in [2.45, 2.75) is 6.03 Å². The zero-order valence-electron chi connectivity index (χ0n) is 6.07. The summed E-state index contributed by atoms with van der Waals surface area (Å²) < 4.78 is 8.75. The molecule has 1 fully saturated rings. The summed E-state index contributed by atoms with van der Waals surface area (Å²) in [6.07, 6.45) is 0. The highest BCUT2D eigenvalue weighted by atomic mass is 16.8. The lowest BCUT2D eigenvalue weighted by Crippen LogP contribution is -2.51. The first-order chi connectivity index (χ1) is 5.48. The Labute approximate surface area is 67.7 Å². The van der Waals surface area contributed by atoms with E-state index in [4.69, 9.17) is 5.73 Å². The van der Waals surface area contributed by atoms with Gasteiger partial charge < -0.3 is 9.47 Å². The highest BCUT2D eigenvalue weighted by Gasteiger charge is 2.41. The Morgan fingerprint density at radius 2 is 1.75 bits per heavy atom. The number of carbonyl (C=O) groups excluding carboxylic acids is 2. The molecular weight excluding hydrogens is 164 g/mol. The van der Waals surface area contributed by atoms with Crippen LogP contribution in [0.1, 0.15) is 0 Å². The summed E-state index contributed by atoms with van der Waals surface area (Å²) in [6, 6.07) is -2.10. The topological polar surface area (TPSA) is 91.0 Å². The van der Waals surface area contributed by atoms with Gasteiger partial charge in [0.05, 0.1) is 0 Å². The molecule has 0 bridgehead atoms. The molecule has 2 N–H and O–H groups in total. The van der Waals surface area contributed by atoms with Crippen molar-refractivity contribution < 1.29 is 19.1 Å². The third kappa shape index (κ3) is 1.19. The lowest BCUT2D eigenvalue weighted by molar-refractivity contribution is -0.229. The van der Waals surface area contributed by atoms with E-state index in [1.165, 1.54) is 0 Å². The van der Waals surface area contributed by atoms with Crippen LogP contribution < -0.4 is 5.73 Å². The maximum atomic E-state index is 10.8. The van der Waals surface area contributed by atoms with Crippen LogP contribution in [0.3, 0.4) is 0 Å². The molecule has 6 heteroatoms. The van der Waals surface area contributed by atoms with E-state index in [2.05, 4.69) is 27.8 Å². The van der Waals surface area contributed by atoms with Gasteiger partial charge in [0.1, 0.15) is 5.57 Å². The van der Waals surface area contributed by atoms with Crippen LogP contribution in [0.15, 0.2) is 17.1 Å². The van der Waals surface area contributed by atoms with Gasteiger partial charge in [-0.25, -0.2) is 20.3 Å². The van der Waals surface area contributed by atoms with Crippen molar-refractivity contribution >= 4 is 18.7 Å². The monoisotopic (exact) mass is 170 g/mol. The van der Waals surface area contributed by atoms with Crippen LogP contribution in [0.5, 0.6) is 0 Å². The van der Waals surface area contributed by atoms with Crippen LogP contribution in [-0.2, 0) is 19.1 Å². The largest absolute Gasteiger partial charge is 0.427 e. The minimum atomic E-state index is -2.10. The highest BCUT2D eigenvalue weighted by Crippen LogP contribution is 2.18. The van der Waals surface area contributed by atoms with E-state index in [1.54, 1.807) is 0 Å². The quantitative estimate of drug-likeness (QED) is 0.234. The van der Waals surface area contributed by atoms with Crippen molar-refractivity contribution in [1.29, 1.82) is 0 Å². The number of nitrogens with two attached hydrogens (primary N) is 1. The molecule has 1 saturated heterocycles. The van der Waals surface area contributed by atoms with Crippen molar-refractivity contribution in [3.63, 3.8) is 0 Å². The molecule has 1 heterocycles. The first-order valence-corrected chi connectivity index (χ1v) is 2.91. The van der Waals surface area contributed by atoms with E-state index in [0.29, 0.717) is 0 Å². The van der Waals surface area contributed by atoms with Gasteiger partial charge in [-0.05, 0) is 6.72 Å². The first-order valence-electron chi connectivity index (χ1n) is 2.91. The predicted molar refractivity (Wildman–Crippen MR) is 37.8 cm³/mol. The molecule has 64 valence electrons. The maximum absolute atomic E-state index is 10.8. The molecule has 1 aliphatic heterocycles. The molecule has 0 aliphatic carbocycles. The average molecular weight is 170 g/mol. The van der Waals surface area contributed by atoms with Crippen LogP contribution in [0, 0.1) is 0 Å². The Balaban J connectivity index is 2.93. The van der Waals surface area contributed by atoms with Gasteiger partial charge in [-0.2, -0.15) is 0 Å². The van der Waals surface area contributed by atoms with Crippen LogP contribution in [0.4, 0.5) is 0 Å². The predicted octanol–water partition coefficient (Wildman–Crippen LogP) is -1.09. The molecule has 6 nitrogen and oxygen atoms in total. The van der Waals surface area contributed by atoms with Gasteiger partial charge in [-0.3, -0.25) is 0 Å². The number of nitrogens with zero attached hydrogens (tertiary/aromatic N) is 1. The number of hydrogen-bond acceptors (Lipinski definition) is 6. The second-order valence-electron chi connectivity index (χ2n) is 2.05. The molecule has 0 aromatic rings. The van der Waals surface area contributed by atoms with E-state index in [0.717, 1.165) is 0 Å². The molecule has 1 rings (SSSR count). The summed E-state index contributed by atoms with van der Waals surface area (Å²) >= 11 is 0. The molecule has 0 spiro atoms. The second-order valence-corrected chi connectivity index (χ2v) is 2.05. The Kier molecular flexibility index (Phi) is 1.69. The van der Waals surface area contributed by atoms with Crippen molar-refractivity contribution in [2.24, 2.45) is 10.7 Å². The fourth-order valence-corrected chi connectivity index (χ4v) is 0.558. The number of rotatable bonds is 1. The lowest BCUT2D eigenvalue weighted by Gasteiger charge is -2.27. The molecule has 0 unspecified atom stereocenters. The molecule has 0 aromatic carbocycles. The SMILES string of the molecule is C=NC1(N)OC(=O)C(=C)C(=O)O1. The van der Waals surface area contributed by atoms with E-state index >= 15 is 0 Å². The molecular formula is C6H6N2O4. The van der Waals surface area contributed by atoms with Crippen LogP contribution in [0.25, 0.3) is 0 Å². The van der Waals surface area contributed by atoms with Gasteiger partial charge in [0.2, 0.25) is 0 Å². The van der Waals surface area contributed by atoms with Crippen LogP contribution >= 0.6 is 0 Å². The molecule has 1 aliphatic rings. The zero-order valence-corrected chi connectivity index (χ0v) is 6.07. The third-order valence-corrected chi connectivity index (χ3v) is 1.19. The number of esters is 2. The molecule has 0 aromatic heterocycles. The van der Waals surface area contributed by atoms with Crippen LogP contribution in [-0.4, -0.2) is 24.7 Å². The number of ether oxygens (including phenoxy) is 2. The van der Waals surface area contributed by atoms with Gasteiger partial charge in [0.25, 0.3) is 0 Å². The standard InChI is InChI=1S/C6H6N2O4/c1-3-4(9)11-6(7,8-2)12-5(3)10/h1-2,7H2. The number of hydrogen-bond donors (Lipinski definition) is 1. The van der Waals surface area contributed by atoms with E-state index in [-0.39, 0.29) is 0 Å². The minimum absolute atomic E-state index is 0.417. The summed E-state index contributed by atoms with van der Waals surface area (Å²) in [7, 11) is 0. The van der Waals surface area contributed by atoms with Crippen molar-refractivity contribution in [3.05, 3.63) is 12.2 Å². The summed E-state index contributed by atoms with van der Waals surface area (Å²) in [5.74, 6) is -1.91. The Morgan fingerprint density at radius 1 is 1.33 bits per heavy atom. The summed E-state index contributed by atoms with van der Waals surface area (Å²) in [6.45, 7) is 6.10. The molecule has 0 atom stereocenters. The average Bonchev–Trinajstić information content (AvgIpc) is 2.00. The highest BCUT2D eigenvalue weighted by molar-refractivity contribution is 6.14. The molecule has 12 heavy (non-hydrogen) atoms. The normalized spacial score (nSPS) is 21.2. The minimum Gasteiger partial charge on any atom is -0.385 e. The smallest absolute Gasteiger partial charge is 0.385 e. The van der Waals surface area contributed by atoms with Crippen molar-refractivity contribution in [1.82, 2.24) is 0 Å². The zero-order chi connectivity index (χ0) is 9.35. The lowest BCUT2D eigenvalue weighted by atomic mass is 10.3. The fourth-order valence-electron chi connectivity index (χ4n) is 0.558. The maximum Gasteiger partial charge on any atom is 0.427 e. The van der Waals surface area contributed by atoms with Gasteiger partial charge in [-0.15, -0.1) is 0 Å². The molecule has 0 radical (unpaired) electrons. The van der Waals surface area contributed by atoms with E-state index in [1.807, 2.05) is 0 Å². The Hall–Kier alpha value is -1.69. The van der Waals surface area contributed by atoms with E-state index in [9.17, 15) is 9.59 Å². The Morgan fingerprint density at radius 3 is 2.08 bits per heavy atom. The second kappa shape index (κ2) is 2.42. The third-order valence-electron chi connectivity index (χ3n) is 1.19. The molecule has 0 saturated carbocycles.